The summed E-state index contributed by atoms with van der Waals surface area (Å²) in [4.78, 5) is 11.5. The Hall–Kier alpha value is -2.09. The van der Waals surface area contributed by atoms with Gasteiger partial charge in [0.05, 0.1) is 0 Å². The molecular formula is C16H17NO. The Morgan fingerprint density at radius 3 is 2.11 bits per heavy atom. The molecule has 0 aliphatic heterocycles. The van der Waals surface area contributed by atoms with E-state index in [4.69, 9.17) is 5.73 Å². The maximum absolute atomic E-state index is 11.5. The zero-order valence-corrected chi connectivity index (χ0v) is 10.7. The van der Waals surface area contributed by atoms with Crippen LogP contribution in [0.5, 0.6) is 0 Å². The SMILES string of the molecule is CC(C)(c1ccccc1)c1ccccc1C(N)=O. The highest BCUT2D eigenvalue weighted by Gasteiger charge is 2.26. The van der Waals surface area contributed by atoms with Crippen molar-refractivity contribution in [2.45, 2.75) is 19.3 Å². The van der Waals surface area contributed by atoms with Crippen molar-refractivity contribution in [1.29, 1.82) is 0 Å². The van der Waals surface area contributed by atoms with Crippen molar-refractivity contribution >= 4 is 5.91 Å². The highest BCUT2D eigenvalue weighted by atomic mass is 16.1. The van der Waals surface area contributed by atoms with E-state index in [9.17, 15) is 4.79 Å². The molecule has 2 rings (SSSR count). The second-order valence-corrected chi connectivity index (χ2v) is 4.90. The Morgan fingerprint density at radius 1 is 0.944 bits per heavy atom. The number of carbonyl (C=O) groups excluding carboxylic acids is 1. The summed E-state index contributed by atoms with van der Waals surface area (Å²) >= 11 is 0. The van der Waals surface area contributed by atoms with Crippen molar-refractivity contribution < 1.29 is 4.79 Å². The van der Waals surface area contributed by atoms with Crippen molar-refractivity contribution in [3.63, 3.8) is 0 Å². The maximum atomic E-state index is 11.5. The minimum absolute atomic E-state index is 0.243. The van der Waals surface area contributed by atoms with Gasteiger partial charge < -0.3 is 5.73 Å². The molecule has 0 fully saturated rings. The highest BCUT2D eigenvalue weighted by molar-refractivity contribution is 5.94. The topological polar surface area (TPSA) is 43.1 Å². The lowest BCUT2D eigenvalue weighted by molar-refractivity contribution is 0.0998. The minimum atomic E-state index is -0.380. The zero-order valence-electron chi connectivity index (χ0n) is 10.7. The number of amides is 1. The molecule has 0 heterocycles. The Morgan fingerprint density at radius 2 is 1.50 bits per heavy atom. The van der Waals surface area contributed by atoms with E-state index in [0.717, 1.165) is 5.56 Å². The molecule has 92 valence electrons. The third-order valence-corrected chi connectivity index (χ3v) is 3.36. The summed E-state index contributed by atoms with van der Waals surface area (Å²) in [5.74, 6) is -0.380. The lowest BCUT2D eigenvalue weighted by atomic mass is 9.76. The highest BCUT2D eigenvalue weighted by Crippen LogP contribution is 2.33. The van der Waals surface area contributed by atoms with Crippen molar-refractivity contribution in [3.05, 3.63) is 71.3 Å². The molecule has 0 saturated heterocycles. The number of hydrogen-bond donors (Lipinski definition) is 1. The van der Waals surface area contributed by atoms with Gasteiger partial charge in [-0.05, 0) is 17.2 Å². The molecule has 0 bridgehead atoms. The second-order valence-electron chi connectivity index (χ2n) is 4.90. The predicted molar refractivity (Wildman–Crippen MR) is 73.5 cm³/mol. The van der Waals surface area contributed by atoms with Gasteiger partial charge in [0.15, 0.2) is 0 Å². The largest absolute Gasteiger partial charge is 0.366 e. The number of rotatable bonds is 3. The summed E-state index contributed by atoms with van der Waals surface area (Å²) in [7, 11) is 0. The van der Waals surface area contributed by atoms with E-state index in [1.54, 1.807) is 6.07 Å². The Labute approximate surface area is 107 Å². The Balaban J connectivity index is 2.58. The molecule has 2 aromatic carbocycles. The minimum Gasteiger partial charge on any atom is -0.366 e. The van der Waals surface area contributed by atoms with Crippen molar-refractivity contribution in [2.24, 2.45) is 5.73 Å². The van der Waals surface area contributed by atoms with Gasteiger partial charge in [-0.25, -0.2) is 0 Å². The molecule has 0 spiro atoms. The standard InChI is InChI=1S/C16H17NO/c1-16(2,12-8-4-3-5-9-12)14-11-7-6-10-13(14)15(17)18/h3-11H,1-2H3,(H2,17,18). The lowest BCUT2D eigenvalue weighted by Crippen LogP contribution is -2.24. The molecule has 18 heavy (non-hydrogen) atoms. The average Bonchev–Trinajstić information content (AvgIpc) is 2.39. The van der Waals surface area contributed by atoms with Crippen LogP contribution in [-0.4, -0.2) is 5.91 Å². The van der Waals surface area contributed by atoms with E-state index in [1.165, 1.54) is 5.56 Å². The summed E-state index contributed by atoms with van der Waals surface area (Å²) in [6.07, 6.45) is 0. The molecule has 2 nitrogen and oxygen atoms in total. The number of primary amides is 1. The van der Waals surface area contributed by atoms with E-state index in [2.05, 4.69) is 26.0 Å². The molecule has 0 aliphatic carbocycles. The van der Waals surface area contributed by atoms with Crippen LogP contribution in [0.3, 0.4) is 0 Å². The van der Waals surface area contributed by atoms with Crippen LogP contribution in [0.1, 0.15) is 35.3 Å². The third kappa shape index (κ3) is 2.14. The van der Waals surface area contributed by atoms with Gasteiger partial charge in [-0.15, -0.1) is 0 Å². The fourth-order valence-electron chi connectivity index (χ4n) is 2.25. The third-order valence-electron chi connectivity index (χ3n) is 3.36. The van der Waals surface area contributed by atoms with Crippen LogP contribution < -0.4 is 5.73 Å². The van der Waals surface area contributed by atoms with Gasteiger partial charge in [-0.3, -0.25) is 4.79 Å². The molecule has 0 saturated carbocycles. The number of carbonyl (C=O) groups is 1. The normalized spacial score (nSPS) is 11.2. The molecule has 1 amide bonds. The zero-order chi connectivity index (χ0) is 13.2. The van der Waals surface area contributed by atoms with E-state index in [0.29, 0.717) is 5.56 Å². The summed E-state index contributed by atoms with van der Waals surface area (Å²) < 4.78 is 0. The lowest BCUT2D eigenvalue weighted by Gasteiger charge is -2.27. The van der Waals surface area contributed by atoms with Gasteiger partial charge in [-0.2, -0.15) is 0 Å². The van der Waals surface area contributed by atoms with Crippen LogP contribution in [0.2, 0.25) is 0 Å². The molecule has 2 aromatic rings. The van der Waals surface area contributed by atoms with E-state index < -0.39 is 0 Å². The van der Waals surface area contributed by atoms with Crippen LogP contribution in [0.4, 0.5) is 0 Å². The van der Waals surface area contributed by atoms with Crippen molar-refractivity contribution in [1.82, 2.24) is 0 Å². The molecule has 0 unspecified atom stereocenters. The Bertz CT molecular complexity index is 558. The molecule has 2 heteroatoms. The number of hydrogen-bond acceptors (Lipinski definition) is 1. The van der Waals surface area contributed by atoms with Crippen LogP contribution in [0.25, 0.3) is 0 Å². The summed E-state index contributed by atoms with van der Waals surface area (Å²) in [5.41, 5.74) is 7.92. The molecule has 0 atom stereocenters. The van der Waals surface area contributed by atoms with Crippen molar-refractivity contribution in [3.8, 4) is 0 Å². The smallest absolute Gasteiger partial charge is 0.249 e. The predicted octanol–water partition coefficient (Wildman–Crippen LogP) is 3.11. The first-order valence-corrected chi connectivity index (χ1v) is 5.98. The Kier molecular flexibility index (Phi) is 3.19. The van der Waals surface area contributed by atoms with Crippen LogP contribution >= 0.6 is 0 Å². The first-order chi connectivity index (χ1) is 8.53. The first kappa shape index (κ1) is 12.4. The van der Waals surface area contributed by atoms with Gasteiger partial charge in [0, 0.05) is 11.0 Å². The van der Waals surface area contributed by atoms with Gasteiger partial charge in [0.2, 0.25) is 5.91 Å². The summed E-state index contributed by atoms with van der Waals surface area (Å²) in [6, 6.07) is 17.6. The van der Waals surface area contributed by atoms with E-state index in [-0.39, 0.29) is 11.3 Å². The molecule has 0 aliphatic rings. The number of benzene rings is 2. The van der Waals surface area contributed by atoms with Crippen LogP contribution in [-0.2, 0) is 5.41 Å². The quantitative estimate of drug-likeness (QED) is 0.878. The fourth-order valence-corrected chi connectivity index (χ4v) is 2.25. The van der Waals surface area contributed by atoms with Crippen LogP contribution in [0, 0.1) is 0 Å². The average molecular weight is 239 g/mol. The molecular weight excluding hydrogens is 222 g/mol. The molecule has 2 N–H and O–H groups in total. The van der Waals surface area contributed by atoms with E-state index >= 15 is 0 Å². The monoisotopic (exact) mass is 239 g/mol. The summed E-state index contributed by atoms with van der Waals surface area (Å²) in [5, 5.41) is 0. The van der Waals surface area contributed by atoms with E-state index in [1.807, 2.05) is 36.4 Å². The fraction of sp³-hybridized carbons (Fsp3) is 0.188. The van der Waals surface area contributed by atoms with Crippen LogP contribution in [0.15, 0.2) is 54.6 Å². The first-order valence-electron chi connectivity index (χ1n) is 5.98. The molecule has 0 aromatic heterocycles. The van der Waals surface area contributed by atoms with Gasteiger partial charge in [0.1, 0.15) is 0 Å². The number of nitrogens with two attached hydrogens (primary N) is 1. The van der Waals surface area contributed by atoms with Gasteiger partial charge in [-0.1, -0.05) is 62.4 Å². The van der Waals surface area contributed by atoms with Gasteiger partial charge >= 0.3 is 0 Å². The van der Waals surface area contributed by atoms with Crippen molar-refractivity contribution in [2.75, 3.05) is 0 Å². The molecule has 0 radical (unpaired) electrons. The van der Waals surface area contributed by atoms with Gasteiger partial charge in [0.25, 0.3) is 0 Å². The summed E-state index contributed by atoms with van der Waals surface area (Å²) in [6.45, 7) is 4.20. The second kappa shape index (κ2) is 4.65. The maximum Gasteiger partial charge on any atom is 0.249 e.